The van der Waals surface area contributed by atoms with Gasteiger partial charge in [-0.1, -0.05) is 177 Å². The van der Waals surface area contributed by atoms with Gasteiger partial charge in [0.2, 0.25) is 0 Å². The minimum atomic E-state index is -4.50. The molecule has 2 aromatic heterocycles. The number of amidine groups is 2. The first kappa shape index (κ1) is 56.6. The Labute approximate surface area is 509 Å². The smallest absolute Gasteiger partial charge is 0.492 e. The molecule has 0 spiro atoms. The maximum atomic E-state index is 8.10. The third-order valence-electron chi connectivity index (χ3n) is 17.5. The molecule has 10 aromatic rings. The summed E-state index contributed by atoms with van der Waals surface area (Å²) in [5.74, 6) is 5.62. The van der Waals surface area contributed by atoms with Crippen LogP contribution in [0.1, 0.15) is 153 Å². The second kappa shape index (κ2) is 24.1. The van der Waals surface area contributed by atoms with Crippen molar-refractivity contribution in [3.63, 3.8) is 0 Å². The lowest BCUT2D eigenvalue weighted by Crippen LogP contribution is -2.64. The van der Waals surface area contributed by atoms with Gasteiger partial charge >= 0.3 is 8.88 Å². The number of benzene rings is 8. The minimum absolute atomic E-state index is 0.371. The fourth-order valence-electron chi connectivity index (χ4n) is 13.1. The lowest BCUT2D eigenvalue weighted by molar-refractivity contribution is 0.144. The van der Waals surface area contributed by atoms with Crippen LogP contribution in [0.3, 0.4) is 0 Å². The van der Waals surface area contributed by atoms with Crippen LogP contribution in [0.25, 0.3) is 64.6 Å². The molecule has 0 radical (unpaired) electrons. The lowest BCUT2D eigenvalue weighted by Gasteiger charge is -2.35. The summed E-state index contributed by atoms with van der Waals surface area (Å²) in [6.45, 7) is 16.0. The zero-order valence-corrected chi connectivity index (χ0v) is 52.1. The molecule has 4 aliphatic rings. The highest BCUT2D eigenvalue weighted by Gasteiger charge is 2.54. The van der Waals surface area contributed by atoms with E-state index in [1.807, 2.05) is 0 Å². The van der Waals surface area contributed by atoms with Crippen molar-refractivity contribution in [3.05, 3.63) is 155 Å². The van der Waals surface area contributed by atoms with Gasteiger partial charge in [0, 0.05) is 56.7 Å². The minimum Gasteiger partial charge on any atom is -0.492 e. The number of unbranched alkanes of at least 4 members (excludes halogenated alkanes) is 6. The van der Waals surface area contributed by atoms with Crippen molar-refractivity contribution in [2.24, 2.45) is 20.0 Å². The Bertz CT molecular complexity index is 4500. The second-order valence-electron chi connectivity index (χ2n) is 23.5. The Morgan fingerprint density at radius 3 is 1.44 bits per heavy atom. The number of fused-ring (bicyclic) bond motifs is 18. The molecule has 0 amide bonds. The van der Waals surface area contributed by atoms with Gasteiger partial charge in [0.05, 0.1) is 48.3 Å². The third kappa shape index (κ3) is 9.59. The predicted molar refractivity (Wildman–Crippen MR) is 355 cm³/mol. The number of aromatic nitrogens is 2. The van der Waals surface area contributed by atoms with E-state index in [-0.39, 0.29) is 0 Å². The Hall–Kier alpha value is -8.24. The molecule has 14 rings (SSSR count). The first-order chi connectivity index (χ1) is 42.9. The average molecular weight is 1180 g/mol. The SMILES string of the molecule is CCCCOc1c2c(cc3ccccc13)C1N=C2Nc2c3cc4ccccc4c(OCCCC)c3c3n2[Si](OCCCC)(OCCCC)n2c(c4cc5ccccc5c(OCCCC)c4/c2=N/1)=NC1=NC(N3)c2cc3ccccc3c(OCCCC)c21. The molecular formula is C72H78N8O6Si. The van der Waals surface area contributed by atoms with Crippen LogP contribution in [-0.2, 0) is 8.85 Å². The zero-order chi connectivity index (χ0) is 59.2. The van der Waals surface area contributed by atoms with Gasteiger partial charge in [-0.25, -0.2) is 20.0 Å². The fraction of sp³-hybridized carbons (Fsp3) is 0.361. The van der Waals surface area contributed by atoms with Gasteiger partial charge in [0.15, 0.2) is 12.0 Å². The number of hydrogen-bond donors (Lipinski definition) is 2. The molecule has 6 heterocycles. The normalized spacial score (nSPS) is 16.5. The van der Waals surface area contributed by atoms with E-state index in [4.69, 9.17) is 47.8 Å². The van der Waals surface area contributed by atoms with Crippen molar-refractivity contribution in [3.8, 4) is 23.0 Å². The predicted octanol–water partition coefficient (Wildman–Crippen LogP) is 16.4. The van der Waals surface area contributed by atoms with Gasteiger partial charge in [-0.15, -0.1) is 0 Å². The highest BCUT2D eigenvalue weighted by molar-refractivity contribution is 6.66. The van der Waals surface area contributed by atoms with Gasteiger partial charge in [-0.05, 0) is 84.3 Å². The van der Waals surface area contributed by atoms with Crippen LogP contribution in [0.5, 0.6) is 23.0 Å². The lowest BCUT2D eigenvalue weighted by atomic mass is 9.98. The summed E-state index contributed by atoms with van der Waals surface area (Å²) < 4.78 is 49.6. The quantitative estimate of drug-likeness (QED) is 0.0450. The molecule has 6 bridgehead atoms. The number of aliphatic imine (C=N–C) groups is 2. The highest BCUT2D eigenvalue weighted by atomic mass is 28.4. The molecule has 2 atom stereocenters. The molecule has 4 aliphatic heterocycles. The zero-order valence-electron chi connectivity index (χ0n) is 51.1. The van der Waals surface area contributed by atoms with Crippen molar-refractivity contribution < 1.29 is 27.8 Å². The monoisotopic (exact) mass is 1180 g/mol. The Morgan fingerprint density at radius 1 is 0.425 bits per heavy atom. The van der Waals surface area contributed by atoms with E-state index in [2.05, 4.69) is 182 Å². The fourth-order valence-corrected chi connectivity index (χ4v) is 16.5. The van der Waals surface area contributed by atoms with Crippen LogP contribution in [0.4, 0.5) is 11.6 Å². The molecule has 446 valence electrons. The van der Waals surface area contributed by atoms with Crippen LogP contribution >= 0.6 is 0 Å². The number of rotatable bonds is 24. The Kier molecular flexibility index (Phi) is 15.7. The van der Waals surface area contributed by atoms with Gasteiger partial charge in [0.25, 0.3) is 0 Å². The summed E-state index contributed by atoms with van der Waals surface area (Å²) in [5.41, 5.74) is 4.76. The number of nitrogens with zero attached hydrogens (tertiary/aromatic N) is 6. The highest BCUT2D eigenvalue weighted by Crippen LogP contribution is 2.52. The van der Waals surface area contributed by atoms with Crippen molar-refractivity contribution >= 4 is 96.8 Å². The molecule has 0 aliphatic carbocycles. The van der Waals surface area contributed by atoms with Crippen LogP contribution in [0.2, 0.25) is 0 Å². The van der Waals surface area contributed by atoms with Gasteiger partial charge in [0.1, 0.15) is 57.6 Å². The standard InChI is InChI=1S/C72H78N8O6Si/c1-7-13-35-81-61-49-31-23-19-27-45(49)41-53-57(61)67-73-65(53)75-71-60-56(44-48-30-22-26-34-52(48)64(60)84-38-16-10-4)70-78-68-58-54(42-46-28-20-24-32-50(46)62(58)82-36-14-8-2)66(74-68)76-72-59-55(43-47-29-21-25-33-51(47)63(59)83-37-15-9-3)69(77-67)79(72)87(80(70)71,85-39-17-11-5)86-40-18-12-6/h19-34,41-44,65-66,75H,7-18,35-40H2,1-6H3,(H,74,78)/b76-72-,77-69?. The molecule has 0 saturated carbocycles. The van der Waals surface area contributed by atoms with Crippen molar-refractivity contribution in [1.82, 2.24) is 8.47 Å². The summed E-state index contributed by atoms with van der Waals surface area (Å²) in [6.07, 6.45) is 9.21. The summed E-state index contributed by atoms with van der Waals surface area (Å²) >= 11 is 0. The molecule has 8 aromatic carbocycles. The number of hydrogen-bond acceptors (Lipinski definition) is 12. The molecule has 87 heavy (non-hydrogen) atoms. The van der Waals surface area contributed by atoms with E-state index >= 15 is 0 Å². The first-order valence-electron chi connectivity index (χ1n) is 32.2. The van der Waals surface area contributed by atoms with Crippen molar-refractivity contribution in [2.75, 3.05) is 50.3 Å². The van der Waals surface area contributed by atoms with E-state index in [1.165, 1.54) is 0 Å². The summed E-state index contributed by atoms with van der Waals surface area (Å²) in [7, 11) is -4.50. The molecular weight excluding hydrogens is 1100 g/mol. The van der Waals surface area contributed by atoms with Crippen LogP contribution in [-0.4, -0.2) is 68.7 Å². The first-order valence-corrected chi connectivity index (χ1v) is 33.9. The maximum Gasteiger partial charge on any atom is 0.603 e. The number of anilines is 2. The van der Waals surface area contributed by atoms with Gasteiger partial charge in [-0.3, -0.25) is 8.47 Å². The maximum absolute atomic E-state index is 8.10. The molecule has 0 fully saturated rings. The van der Waals surface area contributed by atoms with Crippen LogP contribution in [0.15, 0.2) is 141 Å². The molecule has 15 heteroatoms. The molecule has 2 unspecified atom stereocenters. The Morgan fingerprint density at radius 2 is 0.885 bits per heavy atom. The molecule has 14 nitrogen and oxygen atoms in total. The van der Waals surface area contributed by atoms with Crippen LogP contribution < -0.4 is 40.6 Å². The van der Waals surface area contributed by atoms with Crippen LogP contribution in [0, 0.1) is 0 Å². The average Bonchev–Trinajstić information content (AvgIpc) is 1.56. The third-order valence-corrected chi connectivity index (χ3v) is 20.7. The van der Waals surface area contributed by atoms with E-state index in [0.29, 0.717) is 62.3 Å². The number of ether oxygens (including phenoxy) is 4. The van der Waals surface area contributed by atoms with E-state index in [9.17, 15) is 0 Å². The Balaban J connectivity index is 1.25. The van der Waals surface area contributed by atoms with Gasteiger partial charge < -0.3 is 38.4 Å². The van der Waals surface area contributed by atoms with Gasteiger partial charge in [-0.2, -0.15) is 0 Å². The van der Waals surface area contributed by atoms with E-state index in [0.717, 1.165) is 199 Å². The van der Waals surface area contributed by atoms with Crippen molar-refractivity contribution in [1.29, 1.82) is 0 Å². The second-order valence-corrected chi connectivity index (χ2v) is 26.0. The molecule has 2 N–H and O–H groups in total. The summed E-state index contributed by atoms with van der Waals surface area (Å²) in [4.78, 5) is 23.8. The van der Waals surface area contributed by atoms with Crippen molar-refractivity contribution in [2.45, 2.75) is 131 Å². The largest absolute Gasteiger partial charge is 0.603 e. The topological polar surface area (TPSA) is 139 Å². The molecule has 0 saturated heterocycles. The van der Waals surface area contributed by atoms with E-state index in [1.54, 1.807) is 0 Å². The van der Waals surface area contributed by atoms with E-state index < -0.39 is 21.2 Å². The summed E-state index contributed by atoms with van der Waals surface area (Å²) in [6, 6.07) is 43.2. The number of nitrogens with one attached hydrogen (secondary N) is 2. The summed E-state index contributed by atoms with van der Waals surface area (Å²) in [5, 5.41) is 19.9.